The monoisotopic (exact) mass is 306 g/mol. The second-order valence-corrected chi connectivity index (χ2v) is 6.26. The number of amides is 1. The average Bonchev–Trinajstić information content (AvgIpc) is 2.84. The molecule has 2 saturated heterocycles. The van der Waals surface area contributed by atoms with Crippen molar-refractivity contribution >= 4 is 5.91 Å². The van der Waals surface area contributed by atoms with Gasteiger partial charge in [0.1, 0.15) is 0 Å². The van der Waals surface area contributed by atoms with Gasteiger partial charge in [0, 0.05) is 24.5 Å². The summed E-state index contributed by atoms with van der Waals surface area (Å²) in [5, 5.41) is 6.68. The van der Waals surface area contributed by atoms with Crippen LogP contribution in [0.3, 0.4) is 0 Å². The zero-order valence-corrected chi connectivity index (χ0v) is 12.7. The lowest BCUT2D eigenvalue weighted by molar-refractivity contribution is -0.122. The van der Waals surface area contributed by atoms with Crippen LogP contribution in [0.1, 0.15) is 38.5 Å². The van der Waals surface area contributed by atoms with Crippen molar-refractivity contribution in [2.45, 2.75) is 56.7 Å². The van der Waals surface area contributed by atoms with Crippen molar-refractivity contribution in [3.05, 3.63) is 30.1 Å². The summed E-state index contributed by atoms with van der Waals surface area (Å²) in [7, 11) is 0. The van der Waals surface area contributed by atoms with Crippen molar-refractivity contribution in [3.8, 4) is 5.75 Å². The van der Waals surface area contributed by atoms with Gasteiger partial charge in [0.05, 0.1) is 6.61 Å². The van der Waals surface area contributed by atoms with Gasteiger partial charge in [-0.3, -0.25) is 4.79 Å². The minimum Gasteiger partial charge on any atom is -0.491 e. The average molecular weight is 306 g/mol. The van der Waals surface area contributed by atoms with Crippen LogP contribution in [0.2, 0.25) is 0 Å². The molecule has 22 heavy (non-hydrogen) atoms. The van der Waals surface area contributed by atoms with Crippen LogP contribution >= 0.6 is 0 Å². The van der Waals surface area contributed by atoms with E-state index in [-0.39, 0.29) is 17.5 Å². The Morgan fingerprint density at radius 2 is 2.00 bits per heavy atom. The molecule has 4 nitrogen and oxygen atoms in total. The predicted octanol–water partition coefficient (Wildman–Crippen LogP) is 2.38. The van der Waals surface area contributed by atoms with Gasteiger partial charge in [0.25, 0.3) is 0 Å². The van der Waals surface area contributed by atoms with Crippen molar-refractivity contribution in [2.75, 3.05) is 6.61 Å². The Morgan fingerprint density at radius 3 is 2.73 bits per heavy atom. The van der Waals surface area contributed by atoms with Crippen molar-refractivity contribution in [3.63, 3.8) is 0 Å². The molecule has 1 amide bonds. The summed E-state index contributed by atoms with van der Waals surface area (Å²) in [6.07, 6.45) is 5.55. The van der Waals surface area contributed by atoms with Gasteiger partial charge in [0.15, 0.2) is 11.6 Å². The SMILES string of the molecule is O=C(CCCOc1ccccc1F)NC1CC2CCC(C1)N2. The number of halogens is 1. The topological polar surface area (TPSA) is 50.4 Å². The lowest BCUT2D eigenvalue weighted by atomic mass is 9.99. The first-order valence-electron chi connectivity index (χ1n) is 8.13. The third-order valence-electron chi connectivity index (χ3n) is 4.48. The summed E-state index contributed by atoms with van der Waals surface area (Å²) in [5.41, 5.74) is 0. The Balaban J connectivity index is 1.34. The maximum Gasteiger partial charge on any atom is 0.220 e. The molecule has 2 N–H and O–H groups in total. The van der Waals surface area contributed by atoms with Gasteiger partial charge in [-0.1, -0.05) is 12.1 Å². The first-order valence-corrected chi connectivity index (χ1v) is 8.13. The molecule has 5 heteroatoms. The summed E-state index contributed by atoms with van der Waals surface area (Å²) < 4.78 is 18.7. The molecule has 3 rings (SSSR count). The fourth-order valence-corrected chi connectivity index (χ4v) is 3.45. The zero-order chi connectivity index (χ0) is 15.4. The maximum absolute atomic E-state index is 13.4. The van der Waals surface area contributed by atoms with E-state index in [9.17, 15) is 9.18 Å². The van der Waals surface area contributed by atoms with Gasteiger partial charge < -0.3 is 15.4 Å². The third-order valence-corrected chi connectivity index (χ3v) is 4.48. The van der Waals surface area contributed by atoms with Crippen LogP contribution in [0.15, 0.2) is 24.3 Å². The van der Waals surface area contributed by atoms with E-state index < -0.39 is 0 Å². The number of benzene rings is 1. The molecule has 0 spiro atoms. The van der Waals surface area contributed by atoms with Gasteiger partial charge >= 0.3 is 0 Å². The van der Waals surface area contributed by atoms with Gasteiger partial charge in [-0.2, -0.15) is 0 Å². The molecule has 2 fully saturated rings. The van der Waals surface area contributed by atoms with E-state index >= 15 is 0 Å². The highest BCUT2D eigenvalue weighted by Crippen LogP contribution is 2.26. The van der Waals surface area contributed by atoms with Crippen LogP contribution in [0, 0.1) is 5.82 Å². The lowest BCUT2D eigenvalue weighted by Gasteiger charge is -2.29. The van der Waals surface area contributed by atoms with Crippen LogP contribution < -0.4 is 15.4 Å². The molecular formula is C17H23FN2O2. The number of carbonyl (C=O) groups is 1. The van der Waals surface area contributed by atoms with Gasteiger partial charge in [0.2, 0.25) is 5.91 Å². The third kappa shape index (κ3) is 3.97. The Bertz CT molecular complexity index is 511. The second-order valence-electron chi connectivity index (χ2n) is 6.26. The van der Waals surface area contributed by atoms with Crippen molar-refractivity contribution in [1.82, 2.24) is 10.6 Å². The van der Waals surface area contributed by atoms with Crippen LogP contribution in [-0.4, -0.2) is 30.6 Å². The quantitative estimate of drug-likeness (QED) is 0.794. The Labute approximate surface area is 130 Å². The van der Waals surface area contributed by atoms with Gasteiger partial charge in [-0.25, -0.2) is 4.39 Å². The van der Waals surface area contributed by atoms with Crippen molar-refractivity contribution < 1.29 is 13.9 Å². The summed E-state index contributed by atoms with van der Waals surface area (Å²) >= 11 is 0. The maximum atomic E-state index is 13.4. The zero-order valence-electron chi connectivity index (χ0n) is 12.7. The molecule has 0 saturated carbocycles. The molecule has 1 aromatic carbocycles. The Hall–Kier alpha value is -1.62. The highest BCUT2D eigenvalue weighted by molar-refractivity contribution is 5.76. The van der Waals surface area contributed by atoms with Crippen LogP contribution in [-0.2, 0) is 4.79 Å². The standard InChI is InChI=1S/C17H23FN2O2/c18-15-4-1-2-5-16(15)22-9-3-6-17(21)20-14-10-12-7-8-13(11-14)19-12/h1-2,4-5,12-14,19H,3,6-11H2,(H,20,21). The van der Waals surface area contributed by atoms with Crippen LogP contribution in [0.4, 0.5) is 4.39 Å². The minimum atomic E-state index is -0.364. The van der Waals surface area contributed by atoms with E-state index in [4.69, 9.17) is 4.74 Å². The summed E-state index contributed by atoms with van der Waals surface area (Å²) in [6, 6.07) is 7.78. The molecule has 2 unspecified atom stereocenters. The molecule has 1 aromatic rings. The molecule has 2 aliphatic rings. The summed E-state index contributed by atoms with van der Waals surface area (Å²) in [6.45, 7) is 0.353. The minimum absolute atomic E-state index is 0.0726. The molecule has 2 heterocycles. The smallest absolute Gasteiger partial charge is 0.220 e. The van der Waals surface area contributed by atoms with Crippen LogP contribution in [0.25, 0.3) is 0 Å². The number of piperidine rings is 1. The largest absolute Gasteiger partial charge is 0.491 e. The number of rotatable bonds is 6. The van der Waals surface area contributed by atoms with E-state index in [1.54, 1.807) is 18.2 Å². The fourth-order valence-electron chi connectivity index (χ4n) is 3.45. The van der Waals surface area contributed by atoms with Crippen molar-refractivity contribution in [1.29, 1.82) is 0 Å². The van der Waals surface area contributed by atoms with Gasteiger partial charge in [-0.15, -0.1) is 0 Å². The normalized spacial score (nSPS) is 26.7. The number of nitrogens with one attached hydrogen (secondary N) is 2. The Morgan fingerprint density at radius 1 is 1.27 bits per heavy atom. The molecule has 0 aliphatic carbocycles. The van der Waals surface area contributed by atoms with E-state index in [1.807, 2.05) is 0 Å². The fraction of sp³-hybridized carbons (Fsp3) is 0.588. The molecule has 0 aromatic heterocycles. The first kappa shape index (κ1) is 15.3. The Kier molecular flexibility index (Phi) is 4.93. The van der Waals surface area contributed by atoms with E-state index in [0.29, 0.717) is 37.6 Å². The highest BCUT2D eigenvalue weighted by Gasteiger charge is 2.33. The second kappa shape index (κ2) is 7.09. The number of hydrogen-bond acceptors (Lipinski definition) is 3. The number of hydrogen-bond donors (Lipinski definition) is 2. The molecule has 2 atom stereocenters. The molecule has 0 radical (unpaired) electrons. The van der Waals surface area contributed by atoms with Crippen LogP contribution in [0.5, 0.6) is 5.75 Å². The number of carbonyl (C=O) groups excluding carboxylic acids is 1. The molecule has 120 valence electrons. The number of fused-ring (bicyclic) bond motifs is 2. The van der Waals surface area contributed by atoms with Gasteiger partial charge in [-0.05, 0) is 44.2 Å². The molecular weight excluding hydrogens is 283 g/mol. The number of ether oxygens (including phenoxy) is 1. The van der Waals surface area contributed by atoms with E-state index in [0.717, 1.165) is 12.8 Å². The number of para-hydroxylation sites is 1. The molecule has 2 bridgehead atoms. The first-order chi connectivity index (χ1) is 10.7. The predicted molar refractivity (Wildman–Crippen MR) is 82.2 cm³/mol. The van der Waals surface area contributed by atoms with Crippen molar-refractivity contribution in [2.24, 2.45) is 0 Å². The van der Waals surface area contributed by atoms with E-state index in [1.165, 1.54) is 18.9 Å². The summed E-state index contributed by atoms with van der Waals surface area (Å²) in [4.78, 5) is 12.0. The van der Waals surface area contributed by atoms with E-state index in [2.05, 4.69) is 10.6 Å². The lowest BCUT2D eigenvalue weighted by Crippen LogP contribution is -2.48. The molecule has 2 aliphatic heterocycles. The highest BCUT2D eigenvalue weighted by atomic mass is 19.1. The summed E-state index contributed by atoms with van der Waals surface area (Å²) in [5.74, 6) is -0.0431.